The van der Waals surface area contributed by atoms with Crippen molar-refractivity contribution >= 4 is 87.2 Å². The highest BCUT2D eigenvalue weighted by Gasteiger charge is 2.32. The van der Waals surface area contributed by atoms with Gasteiger partial charge in [-0.2, -0.15) is 23.7 Å². The molecule has 338 valence electrons. The van der Waals surface area contributed by atoms with Crippen LogP contribution in [-0.2, 0) is 6.18 Å². The fourth-order valence-corrected chi connectivity index (χ4v) is 11.4. The van der Waals surface area contributed by atoms with Crippen molar-refractivity contribution in [2.45, 2.75) is 6.18 Å². The number of fused-ring (bicyclic) bond motifs is 12. The summed E-state index contributed by atoms with van der Waals surface area (Å²) >= 11 is 0. The number of aromatic nitrogens is 4. The van der Waals surface area contributed by atoms with E-state index in [1.807, 2.05) is 84.9 Å². The van der Waals surface area contributed by atoms with Crippen LogP contribution in [0.15, 0.2) is 212 Å². The van der Waals surface area contributed by atoms with E-state index in [9.17, 15) is 23.7 Å². The highest BCUT2D eigenvalue weighted by atomic mass is 19.4. The van der Waals surface area contributed by atoms with E-state index in [0.717, 1.165) is 111 Å². The van der Waals surface area contributed by atoms with Crippen LogP contribution in [0.1, 0.15) is 16.7 Å². The molecule has 0 fully saturated rings. The molecular weight excluding hydrogens is 898 g/mol. The molecule has 0 N–H and O–H groups in total. The monoisotopic (exact) mass is 932 g/mol. The molecule has 6 nitrogen and oxygen atoms in total. The van der Waals surface area contributed by atoms with Crippen molar-refractivity contribution in [3.63, 3.8) is 0 Å². The maximum atomic E-state index is 14.4. The molecule has 0 atom stereocenters. The zero-order valence-corrected chi connectivity index (χ0v) is 38.0. The Balaban J connectivity index is 1.04. The van der Waals surface area contributed by atoms with Gasteiger partial charge in [0.15, 0.2) is 0 Å². The van der Waals surface area contributed by atoms with E-state index in [1.165, 1.54) is 6.07 Å². The Morgan fingerprint density at radius 1 is 0.306 bits per heavy atom. The summed E-state index contributed by atoms with van der Waals surface area (Å²) in [6.07, 6.45) is -4.68. The third-order valence-electron chi connectivity index (χ3n) is 14.5. The van der Waals surface area contributed by atoms with Crippen LogP contribution in [0.4, 0.5) is 13.2 Å². The first-order chi connectivity index (χ1) is 35.3. The summed E-state index contributed by atoms with van der Waals surface area (Å²) in [5.41, 5.74) is 10.6. The molecule has 0 bridgehead atoms. The number of alkyl halides is 3. The lowest BCUT2D eigenvalue weighted by molar-refractivity contribution is -0.137. The van der Waals surface area contributed by atoms with Gasteiger partial charge in [0.25, 0.3) is 0 Å². The van der Waals surface area contributed by atoms with Crippen molar-refractivity contribution in [1.82, 2.24) is 18.3 Å². The summed E-state index contributed by atoms with van der Waals surface area (Å²) in [6.45, 7) is 0. The summed E-state index contributed by atoms with van der Waals surface area (Å²) < 4.78 is 51.7. The summed E-state index contributed by atoms with van der Waals surface area (Å²) in [7, 11) is 0. The first-order valence-corrected chi connectivity index (χ1v) is 23.5. The molecule has 72 heavy (non-hydrogen) atoms. The molecule has 14 aromatic rings. The molecule has 0 radical (unpaired) electrons. The lowest BCUT2D eigenvalue weighted by atomic mass is 9.94. The Hall–Kier alpha value is -9.83. The number of para-hydroxylation sites is 6. The number of nitrogens with zero attached hydrogens (tertiary/aromatic N) is 6. The molecule has 0 saturated carbocycles. The maximum absolute atomic E-state index is 14.4. The van der Waals surface area contributed by atoms with E-state index in [4.69, 9.17) is 0 Å². The molecule has 0 aliphatic carbocycles. The molecule has 0 saturated heterocycles. The molecule has 0 aliphatic heterocycles. The quantitative estimate of drug-likeness (QED) is 0.173. The van der Waals surface area contributed by atoms with Gasteiger partial charge in [0.2, 0.25) is 0 Å². The standard InChI is InChI=1S/C63H35F3N6/c64-63(65,66)40-25-28-43(38(31-40)36-67)52-35-61(71-57-23-11-5-17-48(57)50-33-41(26-29-59(50)71)69-53-19-7-1-13-44(53)45-14-2-8-20-54(45)69)39(37-68)32-62(52)72-58-24-12-6-18-49(58)51-34-42(27-30-60(51)72)70-55-21-9-3-15-46(55)47-16-4-10-22-56(47)70/h1-35H. The zero-order chi connectivity index (χ0) is 48.4. The van der Waals surface area contributed by atoms with Gasteiger partial charge in [-0.1, -0.05) is 115 Å². The first-order valence-electron chi connectivity index (χ1n) is 23.5. The van der Waals surface area contributed by atoms with E-state index >= 15 is 0 Å². The number of nitriles is 2. The highest BCUT2D eigenvalue weighted by molar-refractivity contribution is 6.14. The van der Waals surface area contributed by atoms with Crippen molar-refractivity contribution in [3.05, 3.63) is 229 Å². The number of halogens is 3. The fraction of sp³-hybridized carbons (Fsp3) is 0.0159. The van der Waals surface area contributed by atoms with E-state index < -0.39 is 11.7 Å². The lowest BCUT2D eigenvalue weighted by Crippen LogP contribution is -2.07. The maximum Gasteiger partial charge on any atom is 0.416 e. The lowest BCUT2D eigenvalue weighted by Gasteiger charge is -2.20. The van der Waals surface area contributed by atoms with Crippen LogP contribution in [0.2, 0.25) is 0 Å². The van der Waals surface area contributed by atoms with Crippen LogP contribution in [0.3, 0.4) is 0 Å². The molecule has 4 heterocycles. The van der Waals surface area contributed by atoms with Gasteiger partial charge in [0.1, 0.15) is 6.07 Å². The second-order valence-corrected chi connectivity index (χ2v) is 18.2. The summed E-state index contributed by atoms with van der Waals surface area (Å²) in [5, 5.41) is 30.4. The average Bonchev–Trinajstić information content (AvgIpc) is 4.15. The number of hydrogen-bond acceptors (Lipinski definition) is 2. The molecule has 0 amide bonds. The minimum atomic E-state index is -4.68. The Kier molecular flexibility index (Phi) is 8.77. The van der Waals surface area contributed by atoms with Crippen LogP contribution >= 0.6 is 0 Å². The second kappa shape index (κ2) is 15.3. The predicted octanol–water partition coefficient (Wildman–Crippen LogP) is 16.5. The zero-order valence-electron chi connectivity index (χ0n) is 38.0. The SMILES string of the molecule is N#Cc1cc(C(F)(F)F)ccc1-c1cc(-n2c3ccccc3c3cc(-n4c5ccccc5c5ccccc54)ccc32)c(C#N)cc1-n1c2ccccc2c2cc(-n3c4ccccc4c4ccccc43)ccc21. The highest BCUT2D eigenvalue weighted by Crippen LogP contribution is 2.44. The Morgan fingerprint density at radius 2 is 0.667 bits per heavy atom. The van der Waals surface area contributed by atoms with Crippen molar-refractivity contribution in [2.24, 2.45) is 0 Å². The van der Waals surface area contributed by atoms with Gasteiger partial charge < -0.3 is 18.3 Å². The van der Waals surface area contributed by atoms with Crippen LogP contribution in [-0.4, -0.2) is 18.3 Å². The summed E-state index contributed by atoms with van der Waals surface area (Å²) in [5.74, 6) is 0. The normalized spacial score (nSPS) is 12.1. The first kappa shape index (κ1) is 41.2. The van der Waals surface area contributed by atoms with Crippen molar-refractivity contribution in [1.29, 1.82) is 10.5 Å². The number of hydrogen-bond donors (Lipinski definition) is 0. The van der Waals surface area contributed by atoms with Gasteiger partial charge in [-0.25, -0.2) is 0 Å². The van der Waals surface area contributed by atoms with Crippen molar-refractivity contribution in [3.8, 4) is 46.0 Å². The van der Waals surface area contributed by atoms with E-state index in [2.05, 4.69) is 140 Å². The predicted molar refractivity (Wildman–Crippen MR) is 284 cm³/mol. The van der Waals surface area contributed by atoms with Gasteiger partial charge in [-0.3, -0.25) is 0 Å². The van der Waals surface area contributed by atoms with E-state index in [-0.39, 0.29) is 5.56 Å². The van der Waals surface area contributed by atoms with Gasteiger partial charge >= 0.3 is 6.18 Å². The minimum Gasteiger partial charge on any atom is -0.309 e. The Morgan fingerprint density at radius 3 is 1.07 bits per heavy atom. The molecule has 0 aliphatic rings. The van der Waals surface area contributed by atoms with Crippen LogP contribution in [0.25, 0.3) is 121 Å². The van der Waals surface area contributed by atoms with E-state index in [1.54, 1.807) is 0 Å². The number of benzene rings is 10. The van der Waals surface area contributed by atoms with Crippen molar-refractivity contribution in [2.75, 3.05) is 0 Å². The third-order valence-corrected chi connectivity index (χ3v) is 14.5. The van der Waals surface area contributed by atoms with Crippen LogP contribution in [0.5, 0.6) is 0 Å². The fourth-order valence-electron chi connectivity index (χ4n) is 11.4. The van der Waals surface area contributed by atoms with Crippen LogP contribution in [0, 0.1) is 22.7 Å². The van der Waals surface area contributed by atoms with Gasteiger partial charge in [-0.05, 0) is 97.1 Å². The molecule has 4 aromatic heterocycles. The molecule has 9 heteroatoms. The summed E-state index contributed by atoms with van der Waals surface area (Å²) in [6, 6.07) is 73.8. The number of rotatable bonds is 5. The Bertz CT molecular complexity index is 4610. The largest absolute Gasteiger partial charge is 0.416 e. The minimum absolute atomic E-state index is 0.144. The third kappa shape index (κ3) is 5.89. The van der Waals surface area contributed by atoms with Crippen molar-refractivity contribution < 1.29 is 13.2 Å². The van der Waals surface area contributed by atoms with Gasteiger partial charge in [0.05, 0.1) is 78.3 Å². The second-order valence-electron chi connectivity index (χ2n) is 18.2. The van der Waals surface area contributed by atoms with Crippen LogP contribution < -0.4 is 0 Å². The molecular formula is C63H35F3N6. The average molecular weight is 933 g/mol. The smallest absolute Gasteiger partial charge is 0.309 e. The Labute approximate surface area is 408 Å². The molecule has 0 spiro atoms. The van der Waals surface area contributed by atoms with Gasteiger partial charge in [0, 0.05) is 65.6 Å². The molecule has 14 rings (SSSR count). The van der Waals surface area contributed by atoms with Gasteiger partial charge in [-0.15, -0.1) is 0 Å². The molecule has 0 unspecified atom stereocenters. The summed E-state index contributed by atoms with van der Waals surface area (Å²) in [4.78, 5) is 0. The molecule has 10 aromatic carbocycles. The van der Waals surface area contributed by atoms with E-state index in [0.29, 0.717) is 28.1 Å². The topological polar surface area (TPSA) is 67.3 Å².